The number of hydrogen-bond donors (Lipinski definition) is 1. The first-order chi connectivity index (χ1) is 16.1. The van der Waals surface area contributed by atoms with Crippen molar-refractivity contribution in [3.63, 3.8) is 0 Å². The molecule has 2 aromatic rings. The van der Waals surface area contributed by atoms with Crippen LogP contribution >= 0.6 is 11.6 Å². The number of amides is 1. The number of benzene rings is 2. The maximum Gasteiger partial charge on any atom is 0.246 e. The fraction of sp³-hybridized carbons (Fsp3) is 0.458. The summed E-state index contributed by atoms with van der Waals surface area (Å²) in [7, 11) is 0.664. The normalized spacial score (nSPS) is 15.3. The van der Waals surface area contributed by atoms with Crippen LogP contribution in [0.1, 0.15) is 38.2 Å². The summed E-state index contributed by atoms with van der Waals surface area (Å²) in [6.45, 7) is 4.48. The molecule has 34 heavy (non-hydrogen) atoms. The second-order valence-corrected chi connectivity index (χ2v) is 10.7. The molecule has 0 aromatic heterocycles. The number of sulfonamides is 1. The lowest BCUT2D eigenvalue weighted by Gasteiger charge is -2.31. The highest BCUT2D eigenvalue weighted by Crippen LogP contribution is 2.37. The number of rotatable bonds is 8. The number of methoxy groups -OCH3 is 3. The Morgan fingerprint density at radius 3 is 2.18 bits per heavy atom. The van der Waals surface area contributed by atoms with Gasteiger partial charge in [0, 0.05) is 31.1 Å². The topological polar surface area (TPSA) is 94.2 Å². The number of hydrogen-bond acceptors (Lipinski definition) is 6. The van der Waals surface area contributed by atoms with Crippen LogP contribution in [0.15, 0.2) is 35.2 Å². The third-order valence-corrected chi connectivity index (χ3v) is 8.24. The smallest absolute Gasteiger partial charge is 0.246 e. The highest BCUT2D eigenvalue weighted by atomic mass is 35.5. The first kappa shape index (κ1) is 26.1. The van der Waals surface area contributed by atoms with Crippen molar-refractivity contribution in [3.05, 3.63) is 40.9 Å². The monoisotopic (exact) mass is 510 g/mol. The summed E-state index contributed by atoms with van der Waals surface area (Å²) in [4.78, 5) is 13.1. The van der Waals surface area contributed by atoms with Crippen molar-refractivity contribution in [2.75, 3.05) is 39.7 Å². The summed E-state index contributed by atoms with van der Waals surface area (Å²) in [5.74, 6) is 0.763. The minimum absolute atomic E-state index is 0.155. The molecule has 10 heteroatoms. The molecule has 1 aliphatic heterocycles. The number of piperidine rings is 1. The number of nitrogens with one attached hydrogen (secondary N) is 1. The quantitative estimate of drug-likeness (QED) is 0.560. The van der Waals surface area contributed by atoms with E-state index in [9.17, 15) is 13.2 Å². The van der Waals surface area contributed by atoms with Crippen LogP contribution in [0.2, 0.25) is 5.02 Å². The van der Waals surface area contributed by atoms with Crippen molar-refractivity contribution >= 4 is 33.2 Å². The van der Waals surface area contributed by atoms with Crippen LogP contribution in [0, 0.1) is 5.92 Å². The van der Waals surface area contributed by atoms with Crippen LogP contribution in [0.3, 0.4) is 0 Å². The molecule has 1 fully saturated rings. The van der Waals surface area contributed by atoms with Crippen LogP contribution in [-0.4, -0.2) is 53.0 Å². The molecule has 186 valence electrons. The number of halogens is 1. The van der Waals surface area contributed by atoms with Gasteiger partial charge < -0.3 is 19.5 Å². The molecule has 0 bridgehead atoms. The lowest BCUT2D eigenvalue weighted by Crippen LogP contribution is -2.41. The minimum atomic E-state index is -3.77. The number of ether oxygens (including phenoxy) is 3. The molecule has 2 aromatic carbocycles. The fourth-order valence-corrected chi connectivity index (χ4v) is 5.84. The molecule has 0 spiro atoms. The van der Waals surface area contributed by atoms with Crippen molar-refractivity contribution in [2.45, 2.75) is 37.5 Å². The van der Waals surface area contributed by atoms with Gasteiger partial charge >= 0.3 is 0 Å². The van der Waals surface area contributed by atoms with E-state index in [4.69, 9.17) is 25.8 Å². The van der Waals surface area contributed by atoms with Crippen LogP contribution in [0.25, 0.3) is 0 Å². The Hall–Kier alpha value is -2.49. The molecule has 0 radical (unpaired) electrons. The Morgan fingerprint density at radius 1 is 1.00 bits per heavy atom. The first-order valence-corrected chi connectivity index (χ1v) is 12.8. The van der Waals surface area contributed by atoms with E-state index in [0.29, 0.717) is 40.8 Å². The first-order valence-electron chi connectivity index (χ1n) is 11.0. The molecule has 0 atom stereocenters. The zero-order chi connectivity index (χ0) is 25.0. The maximum atomic E-state index is 13.4. The fourth-order valence-electron chi connectivity index (χ4n) is 3.94. The summed E-state index contributed by atoms with van der Waals surface area (Å²) in [5, 5.41) is 3.23. The predicted octanol–water partition coefficient (Wildman–Crippen LogP) is 4.53. The van der Waals surface area contributed by atoms with Crippen LogP contribution in [0.5, 0.6) is 17.2 Å². The van der Waals surface area contributed by atoms with E-state index in [1.54, 1.807) is 24.3 Å². The maximum absolute atomic E-state index is 13.4. The van der Waals surface area contributed by atoms with Gasteiger partial charge in [0.1, 0.15) is 22.1 Å². The van der Waals surface area contributed by atoms with Gasteiger partial charge in [-0.05, 0) is 36.5 Å². The van der Waals surface area contributed by atoms with Gasteiger partial charge in [-0.25, -0.2) is 8.42 Å². The summed E-state index contributed by atoms with van der Waals surface area (Å²) in [6.07, 6.45) is 0.786. The molecule has 1 saturated heterocycles. The molecular formula is C24H31ClN2O6S. The lowest BCUT2D eigenvalue weighted by molar-refractivity contribution is -0.120. The highest BCUT2D eigenvalue weighted by Gasteiger charge is 2.34. The summed E-state index contributed by atoms with van der Waals surface area (Å²) >= 11 is 6.13. The van der Waals surface area contributed by atoms with Crippen molar-refractivity contribution in [2.24, 2.45) is 5.92 Å². The van der Waals surface area contributed by atoms with E-state index in [1.807, 2.05) is 19.9 Å². The summed E-state index contributed by atoms with van der Waals surface area (Å²) < 4.78 is 44.1. The van der Waals surface area contributed by atoms with Gasteiger partial charge in [0.2, 0.25) is 15.9 Å². The average Bonchev–Trinajstić information content (AvgIpc) is 2.84. The van der Waals surface area contributed by atoms with Gasteiger partial charge in [0.25, 0.3) is 0 Å². The number of carbonyl (C=O) groups excluding carboxylic acids is 1. The minimum Gasteiger partial charge on any atom is -0.495 e. The summed E-state index contributed by atoms with van der Waals surface area (Å²) in [5.41, 5.74) is 1.36. The molecule has 1 aliphatic rings. The third kappa shape index (κ3) is 5.42. The lowest BCUT2D eigenvalue weighted by atomic mass is 9.97. The Kier molecular flexibility index (Phi) is 8.33. The zero-order valence-electron chi connectivity index (χ0n) is 20.1. The molecule has 0 unspecified atom stereocenters. The molecule has 1 amide bonds. The molecule has 1 heterocycles. The molecule has 0 saturated carbocycles. The van der Waals surface area contributed by atoms with Gasteiger partial charge in [-0.1, -0.05) is 31.5 Å². The van der Waals surface area contributed by atoms with Crippen LogP contribution in [-0.2, 0) is 14.8 Å². The second kappa shape index (κ2) is 10.8. The third-order valence-electron chi connectivity index (χ3n) is 6.03. The molecule has 3 rings (SSSR count). The van der Waals surface area contributed by atoms with Crippen molar-refractivity contribution in [1.29, 1.82) is 0 Å². The SMILES string of the molecule is COc1cc(NC(=O)C2CCN(S(=O)(=O)c3cc(C(C)C)ccc3OC)CC2)c(OC)cc1Cl. The average molecular weight is 511 g/mol. The molecular weight excluding hydrogens is 480 g/mol. The Balaban J connectivity index is 1.73. The van der Waals surface area contributed by atoms with Gasteiger partial charge in [0.15, 0.2) is 0 Å². The van der Waals surface area contributed by atoms with Crippen molar-refractivity contribution in [1.82, 2.24) is 4.31 Å². The molecule has 8 nitrogen and oxygen atoms in total. The highest BCUT2D eigenvalue weighted by molar-refractivity contribution is 7.89. The van der Waals surface area contributed by atoms with E-state index in [-0.39, 0.29) is 35.7 Å². The number of nitrogens with zero attached hydrogens (tertiary/aromatic N) is 1. The largest absolute Gasteiger partial charge is 0.495 e. The Morgan fingerprint density at radius 2 is 1.62 bits per heavy atom. The van der Waals surface area contributed by atoms with E-state index in [1.165, 1.54) is 25.6 Å². The van der Waals surface area contributed by atoms with Crippen LogP contribution < -0.4 is 19.5 Å². The second-order valence-electron chi connectivity index (χ2n) is 8.42. The molecule has 0 aliphatic carbocycles. The van der Waals surface area contributed by atoms with Crippen LogP contribution in [0.4, 0.5) is 5.69 Å². The van der Waals surface area contributed by atoms with E-state index in [2.05, 4.69) is 5.32 Å². The van der Waals surface area contributed by atoms with E-state index in [0.717, 1.165) is 5.56 Å². The number of carbonyl (C=O) groups is 1. The van der Waals surface area contributed by atoms with Gasteiger partial charge in [-0.15, -0.1) is 0 Å². The standard InChI is InChI=1S/C24H31ClN2O6S/c1-15(2)17-6-7-20(31-3)23(12-17)34(29,30)27-10-8-16(9-11-27)24(28)26-19-14-21(32-4)18(25)13-22(19)33-5/h6-7,12-16H,8-11H2,1-5H3,(H,26,28). The Labute approximate surface area is 206 Å². The Bertz CT molecular complexity index is 1140. The van der Waals surface area contributed by atoms with E-state index >= 15 is 0 Å². The zero-order valence-corrected chi connectivity index (χ0v) is 21.6. The predicted molar refractivity (Wildman–Crippen MR) is 132 cm³/mol. The van der Waals surface area contributed by atoms with Gasteiger partial charge in [-0.3, -0.25) is 4.79 Å². The summed E-state index contributed by atoms with van der Waals surface area (Å²) in [6, 6.07) is 8.42. The van der Waals surface area contributed by atoms with Crippen molar-refractivity contribution in [3.8, 4) is 17.2 Å². The van der Waals surface area contributed by atoms with Gasteiger partial charge in [-0.2, -0.15) is 4.31 Å². The molecule has 1 N–H and O–H groups in total. The van der Waals surface area contributed by atoms with E-state index < -0.39 is 10.0 Å². The number of anilines is 1. The van der Waals surface area contributed by atoms with Crippen molar-refractivity contribution < 1.29 is 27.4 Å². The van der Waals surface area contributed by atoms with Gasteiger partial charge in [0.05, 0.1) is 32.0 Å².